The van der Waals surface area contributed by atoms with Gasteiger partial charge in [0.15, 0.2) is 5.78 Å². The molecule has 1 aliphatic carbocycles. The molecule has 6 nitrogen and oxygen atoms in total. The van der Waals surface area contributed by atoms with Crippen molar-refractivity contribution < 1.29 is 17.9 Å². The Labute approximate surface area is 192 Å². The lowest BCUT2D eigenvalue weighted by molar-refractivity contribution is 0.0967. The molecule has 0 spiro atoms. The summed E-state index contributed by atoms with van der Waals surface area (Å²) in [7, 11) is -3.62. The van der Waals surface area contributed by atoms with Crippen LogP contribution in [0.2, 0.25) is 0 Å². The highest BCUT2D eigenvalue weighted by Crippen LogP contribution is 2.33. The first-order valence-electron chi connectivity index (χ1n) is 10.8. The molecule has 0 bridgehead atoms. The summed E-state index contributed by atoms with van der Waals surface area (Å²) in [6.07, 6.45) is 5.57. The highest BCUT2D eigenvalue weighted by molar-refractivity contribution is 9.08. The predicted octanol–water partition coefficient (Wildman–Crippen LogP) is 4.82. The van der Waals surface area contributed by atoms with E-state index in [-0.39, 0.29) is 22.6 Å². The Balaban J connectivity index is 1.27. The Hall–Kier alpha value is -1.74. The van der Waals surface area contributed by atoms with Gasteiger partial charge in [-0.05, 0) is 74.9 Å². The van der Waals surface area contributed by atoms with E-state index >= 15 is 0 Å². The van der Waals surface area contributed by atoms with Gasteiger partial charge in [0.1, 0.15) is 5.75 Å². The zero-order chi connectivity index (χ0) is 21.8. The second-order valence-corrected chi connectivity index (χ2v) is 11.0. The Morgan fingerprint density at radius 2 is 1.77 bits per heavy atom. The van der Waals surface area contributed by atoms with E-state index in [2.05, 4.69) is 16.1 Å². The number of ketones is 1. The van der Waals surface area contributed by atoms with Gasteiger partial charge in [-0.1, -0.05) is 21.6 Å². The van der Waals surface area contributed by atoms with E-state index in [0.717, 1.165) is 49.8 Å². The lowest BCUT2D eigenvalue weighted by atomic mass is 10.1. The minimum Gasteiger partial charge on any atom is -0.494 e. The molecule has 2 aromatic rings. The molecule has 0 radical (unpaired) electrons. The first-order chi connectivity index (χ1) is 15.0. The molecular formula is C23H27BrN2O4S. The van der Waals surface area contributed by atoms with E-state index in [0.29, 0.717) is 13.2 Å². The van der Waals surface area contributed by atoms with Crippen molar-refractivity contribution in [1.82, 2.24) is 8.45 Å². The topological polar surface area (TPSA) is 66.9 Å². The number of sulfonamides is 1. The van der Waals surface area contributed by atoms with Crippen molar-refractivity contribution in [3.8, 4) is 5.75 Å². The Morgan fingerprint density at radius 1 is 1.06 bits per heavy atom. The van der Waals surface area contributed by atoms with E-state index in [9.17, 15) is 13.2 Å². The average molecular weight is 507 g/mol. The molecule has 1 aliphatic heterocycles. The maximum Gasteiger partial charge on any atom is 0.265 e. The molecule has 166 valence electrons. The van der Waals surface area contributed by atoms with Crippen LogP contribution in [0.25, 0.3) is 0 Å². The lowest BCUT2D eigenvalue weighted by Gasteiger charge is -2.30. The normalized spacial score (nSPS) is 19.6. The second kappa shape index (κ2) is 9.81. The highest BCUT2D eigenvalue weighted by atomic mass is 79.9. The first-order valence-corrected chi connectivity index (χ1v) is 12.9. The molecule has 1 saturated carbocycles. The molecule has 4 rings (SSSR count). The molecule has 0 amide bonds. The van der Waals surface area contributed by atoms with E-state index in [4.69, 9.17) is 4.74 Å². The molecule has 2 aromatic carbocycles. The van der Waals surface area contributed by atoms with Crippen molar-refractivity contribution in [2.24, 2.45) is 5.92 Å². The molecule has 0 unspecified atom stereocenters. The van der Waals surface area contributed by atoms with Gasteiger partial charge < -0.3 is 4.74 Å². The van der Waals surface area contributed by atoms with E-state index < -0.39 is 10.0 Å². The average Bonchev–Trinajstić information content (AvgIpc) is 3.55. The quantitative estimate of drug-likeness (QED) is 0.262. The molecule has 0 N–H and O–H groups in total. The molecule has 0 aromatic heterocycles. The van der Waals surface area contributed by atoms with Crippen LogP contribution in [0.15, 0.2) is 59.5 Å². The third-order valence-corrected chi connectivity index (χ3v) is 8.85. The Kier molecular flexibility index (Phi) is 7.11. The number of hydrogen-bond acceptors (Lipinski definition) is 5. The molecule has 2 fully saturated rings. The van der Waals surface area contributed by atoms with Gasteiger partial charge in [0.2, 0.25) is 0 Å². The molecule has 1 heterocycles. The van der Waals surface area contributed by atoms with Crippen LogP contribution < -0.4 is 4.74 Å². The maximum atomic E-state index is 12.9. The summed E-state index contributed by atoms with van der Waals surface area (Å²) in [6, 6.07) is 16.0. The van der Waals surface area contributed by atoms with Gasteiger partial charge in [0.05, 0.1) is 11.5 Å². The summed E-state index contributed by atoms with van der Waals surface area (Å²) in [5, 5.41) is 1.89. The number of benzene rings is 2. The predicted molar refractivity (Wildman–Crippen MR) is 122 cm³/mol. The van der Waals surface area contributed by atoms with Gasteiger partial charge in [0, 0.05) is 40.2 Å². The van der Waals surface area contributed by atoms with Crippen LogP contribution in [-0.4, -0.2) is 41.8 Å². The minimum atomic E-state index is -3.62. The molecular weight excluding hydrogens is 480 g/mol. The molecule has 1 atom stereocenters. The van der Waals surface area contributed by atoms with Gasteiger partial charge in [-0.15, -0.1) is 0 Å². The minimum absolute atomic E-state index is 0.139. The summed E-state index contributed by atoms with van der Waals surface area (Å²) in [6.45, 7) is 1.24. The summed E-state index contributed by atoms with van der Waals surface area (Å²) < 4.78 is 32.8. The number of halogens is 1. The van der Waals surface area contributed by atoms with E-state index in [1.807, 2.05) is 29.3 Å². The number of Topliss-reactive ketones (excluding diaryl/α,β-unsaturated/α-hetero) is 1. The fourth-order valence-corrected chi connectivity index (χ4v) is 6.03. The fraction of sp³-hybridized carbons (Fsp3) is 0.435. The van der Waals surface area contributed by atoms with Crippen molar-refractivity contribution >= 4 is 32.0 Å². The zero-order valence-electron chi connectivity index (χ0n) is 17.3. The number of rotatable bonds is 10. The Bertz CT molecular complexity index is 994. The first kappa shape index (κ1) is 22.5. The SMILES string of the molecule is O=C(c1ccc(OCCC[C@H]2CCCN2N(Br)S(=O)(=O)c2ccccc2)cc1)C1CC1. The fourth-order valence-electron chi connectivity index (χ4n) is 3.94. The smallest absolute Gasteiger partial charge is 0.265 e. The molecule has 2 aliphatic rings. The standard InChI is InChI=1S/C23H27BrN2O4S/c24-26(31(28,29)22-8-2-1-3-9-22)25-16-4-6-20(25)7-5-17-30-21-14-12-19(13-15-21)23(27)18-10-11-18/h1-3,8-9,12-15,18,20H,4-7,10-11,16-17H2/t20-/m1/s1. The monoisotopic (exact) mass is 506 g/mol. The number of carbonyl (C=O) groups excluding carboxylic acids is 1. The third-order valence-electron chi connectivity index (χ3n) is 5.82. The van der Waals surface area contributed by atoms with E-state index in [1.165, 1.54) is 3.44 Å². The number of carbonyl (C=O) groups is 1. The van der Waals surface area contributed by atoms with Gasteiger partial charge in [-0.2, -0.15) is 0 Å². The third kappa shape index (κ3) is 5.37. The van der Waals surface area contributed by atoms with Gasteiger partial charge in [-0.3, -0.25) is 4.79 Å². The van der Waals surface area contributed by atoms with E-state index in [1.54, 1.807) is 30.3 Å². The Morgan fingerprint density at radius 3 is 2.45 bits per heavy atom. The number of hydrazine groups is 1. The van der Waals surface area contributed by atoms with Crippen LogP contribution in [0, 0.1) is 5.92 Å². The van der Waals surface area contributed by atoms with Crippen LogP contribution in [0.5, 0.6) is 5.75 Å². The van der Waals surface area contributed by atoms with Gasteiger partial charge in [-0.25, -0.2) is 13.4 Å². The van der Waals surface area contributed by atoms with Crippen molar-refractivity contribution in [3.63, 3.8) is 0 Å². The maximum absolute atomic E-state index is 12.9. The van der Waals surface area contributed by atoms with Gasteiger partial charge >= 0.3 is 0 Å². The second-order valence-electron chi connectivity index (χ2n) is 8.13. The lowest BCUT2D eigenvalue weighted by Crippen LogP contribution is -2.42. The summed E-state index contributed by atoms with van der Waals surface area (Å²) in [5.41, 5.74) is 0.758. The van der Waals surface area contributed by atoms with Crippen molar-refractivity contribution in [2.75, 3.05) is 13.2 Å². The summed E-state index contributed by atoms with van der Waals surface area (Å²) in [4.78, 5) is 12.3. The van der Waals surface area contributed by atoms with Gasteiger partial charge in [0.25, 0.3) is 10.0 Å². The van der Waals surface area contributed by atoms with Crippen molar-refractivity contribution in [3.05, 3.63) is 60.2 Å². The van der Waals surface area contributed by atoms with Crippen LogP contribution in [0.4, 0.5) is 0 Å². The molecule has 31 heavy (non-hydrogen) atoms. The van der Waals surface area contributed by atoms with Crippen LogP contribution in [0.1, 0.15) is 48.9 Å². The van der Waals surface area contributed by atoms with Crippen LogP contribution in [-0.2, 0) is 10.0 Å². The van der Waals surface area contributed by atoms with Crippen molar-refractivity contribution in [2.45, 2.75) is 49.5 Å². The van der Waals surface area contributed by atoms with Crippen LogP contribution >= 0.6 is 16.1 Å². The molecule has 1 saturated heterocycles. The van der Waals surface area contributed by atoms with Crippen LogP contribution in [0.3, 0.4) is 0 Å². The number of nitrogens with zero attached hydrogens (tertiary/aromatic N) is 2. The zero-order valence-corrected chi connectivity index (χ0v) is 19.7. The molecule has 8 heteroatoms. The number of hydrogen-bond donors (Lipinski definition) is 0. The summed E-state index contributed by atoms with van der Waals surface area (Å²) in [5.74, 6) is 1.21. The van der Waals surface area contributed by atoms with Crippen molar-refractivity contribution in [1.29, 1.82) is 0 Å². The summed E-state index contributed by atoms with van der Waals surface area (Å²) >= 11 is 3.29. The number of ether oxygens (including phenoxy) is 1. The largest absolute Gasteiger partial charge is 0.494 e. The highest BCUT2D eigenvalue weighted by Gasteiger charge is 2.35.